The number of hydrogen-bond acceptors (Lipinski definition) is 7. The minimum absolute atomic E-state index is 0.0303. The third-order valence-electron chi connectivity index (χ3n) is 3.10. The summed E-state index contributed by atoms with van der Waals surface area (Å²) in [5.41, 5.74) is 0.455. The van der Waals surface area contributed by atoms with Gasteiger partial charge in [0.15, 0.2) is 5.11 Å². The van der Waals surface area contributed by atoms with Crippen LogP contribution < -0.4 is 10.6 Å². The lowest BCUT2D eigenvalue weighted by Crippen LogP contribution is -2.34. The van der Waals surface area contributed by atoms with E-state index in [9.17, 15) is 14.9 Å². The molecule has 0 bridgehead atoms. The first-order chi connectivity index (χ1) is 11.8. The van der Waals surface area contributed by atoms with E-state index in [1.165, 1.54) is 23.0 Å². The van der Waals surface area contributed by atoms with Crippen LogP contribution in [0.15, 0.2) is 18.2 Å². The van der Waals surface area contributed by atoms with Gasteiger partial charge in [0.25, 0.3) is 17.5 Å². The monoisotopic (exact) mass is 363 g/mol. The molecule has 25 heavy (non-hydrogen) atoms. The van der Waals surface area contributed by atoms with Gasteiger partial charge in [-0.15, -0.1) is 5.10 Å². The van der Waals surface area contributed by atoms with Crippen molar-refractivity contribution in [2.45, 2.75) is 27.3 Å². The third-order valence-corrected chi connectivity index (χ3v) is 3.31. The van der Waals surface area contributed by atoms with Crippen molar-refractivity contribution >= 4 is 34.9 Å². The van der Waals surface area contributed by atoms with E-state index in [4.69, 9.17) is 12.2 Å². The van der Waals surface area contributed by atoms with Crippen molar-refractivity contribution in [2.24, 2.45) is 5.92 Å². The molecule has 1 aromatic heterocycles. The van der Waals surface area contributed by atoms with Crippen LogP contribution in [0.4, 0.5) is 11.6 Å². The summed E-state index contributed by atoms with van der Waals surface area (Å²) in [5, 5.41) is 27.7. The standard InChI is InChI=1S/C14H17N7O3S/c1-8(2)7-20-18-13(17-19-20)16-14(25)15-12(22)10-5-4-9(3)11(6-10)21(23)24/h4-6,8H,7H2,1-3H3,(H2,15,16,18,22,25). The van der Waals surface area contributed by atoms with Gasteiger partial charge in [-0.1, -0.05) is 25.0 Å². The largest absolute Gasteiger partial charge is 0.299 e. The van der Waals surface area contributed by atoms with Crippen molar-refractivity contribution in [1.29, 1.82) is 0 Å². The Morgan fingerprint density at radius 1 is 1.44 bits per heavy atom. The van der Waals surface area contributed by atoms with Crippen molar-refractivity contribution in [3.05, 3.63) is 39.4 Å². The molecule has 0 saturated carbocycles. The highest BCUT2D eigenvalue weighted by molar-refractivity contribution is 7.80. The molecular formula is C14H17N7O3S. The van der Waals surface area contributed by atoms with Crippen molar-refractivity contribution in [1.82, 2.24) is 25.5 Å². The molecular weight excluding hydrogens is 346 g/mol. The quantitative estimate of drug-likeness (QED) is 0.466. The van der Waals surface area contributed by atoms with Crippen LogP contribution in [0, 0.1) is 23.0 Å². The van der Waals surface area contributed by atoms with Gasteiger partial charge in [0, 0.05) is 17.2 Å². The van der Waals surface area contributed by atoms with Gasteiger partial charge < -0.3 is 0 Å². The molecule has 0 saturated heterocycles. The zero-order chi connectivity index (χ0) is 18.6. The summed E-state index contributed by atoms with van der Waals surface area (Å²) in [4.78, 5) is 24.0. The predicted octanol–water partition coefficient (Wildman–Crippen LogP) is 1.67. The summed E-state index contributed by atoms with van der Waals surface area (Å²) in [6.45, 7) is 6.23. The Labute approximate surface area is 148 Å². The molecule has 1 aromatic carbocycles. The number of carbonyl (C=O) groups excluding carboxylic acids is 1. The van der Waals surface area contributed by atoms with Crippen molar-refractivity contribution in [3.8, 4) is 0 Å². The molecule has 2 rings (SSSR count). The Morgan fingerprint density at radius 2 is 2.16 bits per heavy atom. The van der Waals surface area contributed by atoms with E-state index in [1.54, 1.807) is 6.92 Å². The Balaban J connectivity index is 2.00. The number of nitro benzene ring substituents is 1. The molecule has 0 unspecified atom stereocenters. The molecule has 0 spiro atoms. The number of rotatable bonds is 5. The first kappa shape index (κ1) is 18.4. The van der Waals surface area contributed by atoms with E-state index in [0.717, 1.165) is 0 Å². The smallest absolute Gasteiger partial charge is 0.273 e. The zero-order valence-corrected chi connectivity index (χ0v) is 14.7. The molecule has 0 fully saturated rings. The van der Waals surface area contributed by atoms with Gasteiger partial charge in [-0.05, 0) is 36.3 Å². The number of benzene rings is 1. The zero-order valence-electron chi connectivity index (χ0n) is 13.9. The highest BCUT2D eigenvalue weighted by Gasteiger charge is 2.16. The number of anilines is 1. The van der Waals surface area contributed by atoms with Gasteiger partial charge in [0.1, 0.15) is 0 Å². The summed E-state index contributed by atoms with van der Waals surface area (Å²) >= 11 is 5.03. The molecule has 10 nitrogen and oxygen atoms in total. The predicted molar refractivity (Wildman–Crippen MR) is 94.2 cm³/mol. The number of carbonyl (C=O) groups is 1. The lowest BCUT2D eigenvalue weighted by molar-refractivity contribution is -0.385. The van der Waals surface area contributed by atoms with Gasteiger partial charge >= 0.3 is 0 Å². The fraction of sp³-hybridized carbons (Fsp3) is 0.357. The second-order valence-electron chi connectivity index (χ2n) is 5.73. The van der Waals surface area contributed by atoms with Gasteiger partial charge in [0.2, 0.25) is 0 Å². The molecule has 2 N–H and O–H groups in total. The number of hydrogen-bond donors (Lipinski definition) is 2. The maximum absolute atomic E-state index is 12.2. The van der Waals surface area contributed by atoms with E-state index >= 15 is 0 Å². The lowest BCUT2D eigenvalue weighted by atomic mass is 10.1. The summed E-state index contributed by atoms with van der Waals surface area (Å²) in [6.07, 6.45) is 0. The Bertz CT molecular complexity index is 819. The first-order valence-corrected chi connectivity index (χ1v) is 7.82. The molecule has 0 aliphatic rings. The fourth-order valence-corrected chi connectivity index (χ4v) is 2.14. The summed E-state index contributed by atoms with van der Waals surface area (Å²) in [6, 6.07) is 4.18. The van der Waals surface area contributed by atoms with Gasteiger partial charge in [-0.2, -0.15) is 4.80 Å². The first-order valence-electron chi connectivity index (χ1n) is 7.41. The number of amides is 1. The highest BCUT2D eigenvalue weighted by atomic mass is 32.1. The van der Waals surface area contributed by atoms with Crippen molar-refractivity contribution in [3.63, 3.8) is 0 Å². The van der Waals surface area contributed by atoms with Crippen molar-refractivity contribution < 1.29 is 9.72 Å². The van der Waals surface area contributed by atoms with Gasteiger partial charge in [-0.3, -0.25) is 25.5 Å². The van der Waals surface area contributed by atoms with Crippen LogP contribution in [0.2, 0.25) is 0 Å². The van der Waals surface area contributed by atoms with E-state index in [-0.39, 0.29) is 22.3 Å². The lowest BCUT2D eigenvalue weighted by Gasteiger charge is -2.07. The van der Waals surface area contributed by atoms with Crippen LogP contribution >= 0.6 is 12.2 Å². The van der Waals surface area contributed by atoms with Crippen LogP contribution in [0.1, 0.15) is 29.8 Å². The van der Waals surface area contributed by atoms with Crippen molar-refractivity contribution in [2.75, 3.05) is 5.32 Å². The second kappa shape index (κ2) is 7.75. The number of nitrogens with zero attached hydrogens (tertiary/aromatic N) is 5. The molecule has 132 valence electrons. The van der Waals surface area contributed by atoms with Crippen LogP contribution in [0.25, 0.3) is 0 Å². The molecule has 11 heteroatoms. The maximum atomic E-state index is 12.2. The molecule has 0 radical (unpaired) electrons. The summed E-state index contributed by atoms with van der Waals surface area (Å²) in [7, 11) is 0. The van der Waals surface area contributed by atoms with Crippen LogP contribution in [0.5, 0.6) is 0 Å². The Kier molecular flexibility index (Phi) is 5.70. The number of tetrazole rings is 1. The third kappa shape index (κ3) is 5.01. The van der Waals surface area contributed by atoms with E-state index in [0.29, 0.717) is 18.0 Å². The average molecular weight is 363 g/mol. The minimum Gasteiger partial charge on any atom is -0.299 e. The SMILES string of the molecule is Cc1ccc(C(=O)NC(=S)Nc2nnn(CC(C)C)n2)cc1[N+](=O)[O-]. The van der Waals surface area contributed by atoms with Crippen LogP contribution in [0.3, 0.4) is 0 Å². The maximum Gasteiger partial charge on any atom is 0.273 e. The van der Waals surface area contributed by atoms with E-state index < -0.39 is 10.8 Å². The summed E-state index contributed by atoms with van der Waals surface area (Å²) in [5.74, 6) is -0.0676. The topological polar surface area (TPSA) is 128 Å². The number of aromatic nitrogens is 4. The number of nitro groups is 1. The van der Waals surface area contributed by atoms with E-state index in [2.05, 4.69) is 26.0 Å². The molecule has 0 atom stereocenters. The Hall–Kier alpha value is -2.95. The molecule has 1 amide bonds. The molecule has 1 heterocycles. The van der Waals surface area contributed by atoms with Crippen LogP contribution in [-0.2, 0) is 6.54 Å². The molecule has 2 aromatic rings. The van der Waals surface area contributed by atoms with Gasteiger partial charge in [-0.25, -0.2) is 0 Å². The van der Waals surface area contributed by atoms with Gasteiger partial charge in [0.05, 0.1) is 11.5 Å². The number of aryl methyl sites for hydroxylation is 1. The second-order valence-corrected chi connectivity index (χ2v) is 6.14. The highest BCUT2D eigenvalue weighted by Crippen LogP contribution is 2.19. The molecule has 0 aliphatic carbocycles. The average Bonchev–Trinajstić information content (AvgIpc) is 2.93. The summed E-state index contributed by atoms with van der Waals surface area (Å²) < 4.78 is 0. The Morgan fingerprint density at radius 3 is 2.80 bits per heavy atom. The normalized spacial score (nSPS) is 10.6. The number of thiocarbonyl (C=S) groups is 1. The van der Waals surface area contributed by atoms with Crippen LogP contribution in [-0.4, -0.2) is 36.2 Å². The fourth-order valence-electron chi connectivity index (χ4n) is 1.95. The van der Waals surface area contributed by atoms with E-state index in [1.807, 2.05) is 13.8 Å². The minimum atomic E-state index is -0.574. The number of nitrogens with one attached hydrogen (secondary N) is 2. The molecule has 0 aliphatic heterocycles.